The van der Waals surface area contributed by atoms with Crippen LogP contribution in [0.15, 0.2) is 231 Å². The molecule has 0 aliphatic carbocycles. The van der Waals surface area contributed by atoms with Gasteiger partial charge >= 0.3 is 0 Å². The van der Waals surface area contributed by atoms with Crippen molar-refractivity contribution in [3.05, 3.63) is 231 Å². The molecule has 2 heteroatoms. The van der Waals surface area contributed by atoms with Gasteiger partial charge in [0.1, 0.15) is 0 Å². The molecule has 0 aliphatic rings. The van der Waals surface area contributed by atoms with E-state index in [2.05, 4.69) is 240 Å². The van der Waals surface area contributed by atoms with Gasteiger partial charge < -0.3 is 9.47 Å². The molecule has 1 aromatic heterocycles. The highest BCUT2D eigenvalue weighted by atomic mass is 15.1. The summed E-state index contributed by atoms with van der Waals surface area (Å²) < 4.78 is 2.40. The number of hydrogen-bond acceptors (Lipinski definition) is 1. The smallest absolute Gasteiger partial charge is 0.0547 e. The molecule has 0 saturated heterocycles. The van der Waals surface area contributed by atoms with Gasteiger partial charge in [-0.3, -0.25) is 0 Å². The number of para-hydroxylation sites is 1. The average molecular weight is 739 g/mol. The minimum absolute atomic E-state index is 1.11. The molecule has 11 aromatic rings. The topological polar surface area (TPSA) is 8.17 Å². The SMILES string of the molecule is c1ccc(-c2ccc(N(c3cccc(-c4ccccc4)c3)c3ccc4ccc(-c5ccc(-n6c7ccccc7c7cc8ccccc8cc76)cc5)cc4c3)cc2)cc1. The van der Waals surface area contributed by atoms with E-state index in [1.165, 1.54) is 76.7 Å². The second kappa shape index (κ2) is 14.1. The molecule has 0 fully saturated rings. The van der Waals surface area contributed by atoms with E-state index in [1.807, 2.05) is 0 Å². The summed E-state index contributed by atoms with van der Waals surface area (Å²) in [4.78, 5) is 2.37. The molecule has 2 nitrogen and oxygen atoms in total. The Morgan fingerprint density at radius 2 is 0.793 bits per heavy atom. The van der Waals surface area contributed by atoms with Crippen LogP contribution in [0.4, 0.5) is 17.1 Å². The van der Waals surface area contributed by atoms with E-state index in [9.17, 15) is 0 Å². The quantitative estimate of drug-likeness (QED) is 0.158. The Kier molecular flexibility index (Phi) is 8.19. The molecule has 58 heavy (non-hydrogen) atoms. The summed E-state index contributed by atoms with van der Waals surface area (Å²) in [5.41, 5.74) is 14.1. The summed E-state index contributed by atoms with van der Waals surface area (Å²) in [7, 11) is 0. The van der Waals surface area contributed by atoms with Crippen LogP contribution in [0.5, 0.6) is 0 Å². The van der Waals surface area contributed by atoms with E-state index in [0.29, 0.717) is 0 Å². The zero-order chi connectivity index (χ0) is 38.4. The first kappa shape index (κ1) is 33.6. The first-order valence-corrected chi connectivity index (χ1v) is 19.9. The molecule has 0 atom stereocenters. The molecule has 0 unspecified atom stereocenters. The number of fused-ring (bicyclic) bond motifs is 5. The Balaban J connectivity index is 0.985. The van der Waals surface area contributed by atoms with Gasteiger partial charge in [-0.25, -0.2) is 0 Å². The third-order valence-corrected chi connectivity index (χ3v) is 11.5. The molecule has 272 valence electrons. The summed E-state index contributed by atoms with van der Waals surface area (Å²) in [6, 6.07) is 83.7. The second-order valence-electron chi connectivity index (χ2n) is 15.0. The van der Waals surface area contributed by atoms with Gasteiger partial charge in [-0.15, -0.1) is 0 Å². The van der Waals surface area contributed by atoms with Crippen LogP contribution in [0, 0.1) is 0 Å². The van der Waals surface area contributed by atoms with Crippen molar-refractivity contribution in [1.29, 1.82) is 0 Å². The first-order valence-electron chi connectivity index (χ1n) is 19.9. The number of nitrogens with zero attached hydrogens (tertiary/aromatic N) is 2. The lowest BCUT2D eigenvalue weighted by molar-refractivity contribution is 1.18. The number of hydrogen-bond donors (Lipinski definition) is 0. The van der Waals surface area contributed by atoms with E-state index in [4.69, 9.17) is 0 Å². The molecule has 0 aliphatic heterocycles. The highest BCUT2D eigenvalue weighted by molar-refractivity contribution is 6.13. The molecule has 1 heterocycles. The molecule has 0 bridgehead atoms. The molecule has 10 aromatic carbocycles. The van der Waals surface area contributed by atoms with Crippen molar-refractivity contribution in [3.8, 4) is 39.1 Å². The molecular formula is C56H38N2. The van der Waals surface area contributed by atoms with Crippen molar-refractivity contribution in [2.45, 2.75) is 0 Å². The van der Waals surface area contributed by atoms with Crippen LogP contribution in [0.2, 0.25) is 0 Å². The first-order chi connectivity index (χ1) is 28.7. The highest BCUT2D eigenvalue weighted by Crippen LogP contribution is 2.40. The lowest BCUT2D eigenvalue weighted by Crippen LogP contribution is -2.10. The van der Waals surface area contributed by atoms with Crippen LogP contribution >= 0.6 is 0 Å². The van der Waals surface area contributed by atoms with Gasteiger partial charge in [0.15, 0.2) is 0 Å². The summed E-state index contributed by atoms with van der Waals surface area (Å²) in [6.45, 7) is 0. The summed E-state index contributed by atoms with van der Waals surface area (Å²) in [5, 5.41) is 7.45. The number of rotatable bonds is 7. The van der Waals surface area contributed by atoms with Crippen molar-refractivity contribution in [3.63, 3.8) is 0 Å². The van der Waals surface area contributed by atoms with E-state index < -0.39 is 0 Å². The van der Waals surface area contributed by atoms with Gasteiger partial charge in [-0.05, 0) is 128 Å². The molecule has 0 spiro atoms. The zero-order valence-electron chi connectivity index (χ0n) is 31.8. The Morgan fingerprint density at radius 3 is 1.57 bits per heavy atom. The zero-order valence-corrected chi connectivity index (χ0v) is 31.8. The van der Waals surface area contributed by atoms with Gasteiger partial charge in [0.2, 0.25) is 0 Å². The van der Waals surface area contributed by atoms with Crippen molar-refractivity contribution in [1.82, 2.24) is 4.57 Å². The Morgan fingerprint density at radius 1 is 0.259 bits per heavy atom. The van der Waals surface area contributed by atoms with Gasteiger partial charge in [0.05, 0.1) is 11.0 Å². The summed E-state index contributed by atoms with van der Waals surface area (Å²) in [6.07, 6.45) is 0. The Bertz CT molecular complexity index is 3250. The predicted molar refractivity (Wildman–Crippen MR) is 247 cm³/mol. The third kappa shape index (κ3) is 6.00. The predicted octanol–water partition coefficient (Wildman–Crippen LogP) is 15.6. The molecule has 11 rings (SSSR count). The number of anilines is 3. The van der Waals surface area contributed by atoms with Crippen molar-refractivity contribution < 1.29 is 0 Å². The van der Waals surface area contributed by atoms with E-state index in [0.717, 1.165) is 22.7 Å². The van der Waals surface area contributed by atoms with Gasteiger partial charge in [-0.1, -0.05) is 158 Å². The fourth-order valence-electron chi connectivity index (χ4n) is 8.62. The number of benzene rings is 10. The lowest BCUT2D eigenvalue weighted by atomic mass is 9.99. The fourth-order valence-corrected chi connectivity index (χ4v) is 8.62. The normalized spacial score (nSPS) is 11.4. The van der Waals surface area contributed by atoms with Crippen molar-refractivity contribution in [2.24, 2.45) is 0 Å². The van der Waals surface area contributed by atoms with Crippen LogP contribution in [0.1, 0.15) is 0 Å². The van der Waals surface area contributed by atoms with Gasteiger partial charge in [-0.2, -0.15) is 0 Å². The Hall–Kier alpha value is -7.68. The maximum Gasteiger partial charge on any atom is 0.0547 e. The lowest BCUT2D eigenvalue weighted by Gasteiger charge is -2.26. The summed E-state index contributed by atoms with van der Waals surface area (Å²) in [5.74, 6) is 0. The van der Waals surface area contributed by atoms with Crippen molar-refractivity contribution in [2.75, 3.05) is 4.90 Å². The van der Waals surface area contributed by atoms with Crippen LogP contribution in [-0.4, -0.2) is 4.57 Å². The van der Waals surface area contributed by atoms with Crippen molar-refractivity contribution >= 4 is 60.4 Å². The molecule has 0 N–H and O–H groups in total. The fraction of sp³-hybridized carbons (Fsp3) is 0. The molecule has 0 radical (unpaired) electrons. The number of aromatic nitrogens is 1. The van der Waals surface area contributed by atoms with Gasteiger partial charge in [0, 0.05) is 33.5 Å². The summed E-state index contributed by atoms with van der Waals surface area (Å²) >= 11 is 0. The maximum absolute atomic E-state index is 2.40. The van der Waals surface area contributed by atoms with Crippen LogP contribution in [-0.2, 0) is 0 Å². The highest BCUT2D eigenvalue weighted by Gasteiger charge is 2.16. The molecular weight excluding hydrogens is 701 g/mol. The Labute approximate surface area is 338 Å². The third-order valence-electron chi connectivity index (χ3n) is 11.5. The van der Waals surface area contributed by atoms with Crippen LogP contribution in [0.25, 0.3) is 82.4 Å². The minimum Gasteiger partial charge on any atom is -0.310 e. The standard InChI is InChI=1S/C56H38N2/c1-3-12-39(13-4-1)41-24-29-49(30-25-41)57(51-19-11-18-44(35-51)40-14-5-2-6-15-40)52-33-28-43-22-23-47(34-48(43)36-52)42-26-31-50(32-27-42)58-55-21-10-9-20-53(55)54-37-45-16-7-8-17-46(45)38-56(54)58/h1-38H. The molecule has 0 saturated carbocycles. The van der Waals surface area contributed by atoms with E-state index in [-0.39, 0.29) is 0 Å². The maximum atomic E-state index is 2.40. The van der Waals surface area contributed by atoms with Crippen LogP contribution in [0.3, 0.4) is 0 Å². The van der Waals surface area contributed by atoms with E-state index >= 15 is 0 Å². The second-order valence-corrected chi connectivity index (χ2v) is 15.0. The minimum atomic E-state index is 1.11. The monoisotopic (exact) mass is 738 g/mol. The van der Waals surface area contributed by atoms with E-state index in [1.54, 1.807) is 0 Å². The largest absolute Gasteiger partial charge is 0.310 e. The van der Waals surface area contributed by atoms with Gasteiger partial charge in [0.25, 0.3) is 0 Å². The molecule has 0 amide bonds. The average Bonchev–Trinajstić information content (AvgIpc) is 3.62. The van der Waals surface area contributed by atoms with Crippen LogP contribution < -0.4 is 4.90 Å².